The Hall–Kier alpha value is -1.51. The van der Waals surface area contributed by atoms with Crippen LogP contribution in [0.1, 0.15) is 38.4 Å². The summed E-state index contributed by atoms with van der Waals surface area (Å²) >= 11 is 0. The second kappa shape index (κ2) is 9.75. The normalized spacial score (nSPS) is 13.8. The summed E-state index contributed by atoms with van der Waals surface area (Å²) < 4.78 is 140. The SMILES string of the molecule is CCCCCCn1cc[n+](C)c1C.O=S(=O)([O-])C(F)(F)C(F)(F)C(F)(F)C(F)(F)F. The predicted molar refractivity (Wildman–Crippen MR) is 85.1 cm³/mol. The van der Waals surface area contributed by atoms with Crippen LogP contribution >= 0.6 is 0 Å². The van der Waals surface area contributed by atoms with Crippen LogP contribution in [-0.4, -0.2) is 40.8 Å². The highest BCUT2D eigenvalue weighted by atomic mass is 32.2. The lowest BCUT2D eigenvalue weighted by atomic mass is 10.1. The fraction of sp³-hybridized carbons (Fsp3) is 0.800. The monoisotopic (exact) mass is 480 g/mol. The van der Waals surface area contributed by atoms with Gasteiger partial charge in [-0.15, -0.1) is 0 Å². The number of rotatable bonds is 8. The largest absolute Gasteiger partial charge is 0.743 e. The van der Waals surface area contributed by atoms with Crippen LogP contribution < -0.4 is 4.57 Å². The first-order valence-corrected chi connectivity index (χ1v) is 9.83. The summed E-state index contributed by atoms with van der Waals surface area (Å²) in [6.45, 7) is 5.59. The highest BCUT2D eigenvalue weighted by molar-refractivity contribution is 7.86. The van der Waals surface area contributed by atoms with E-state index in [0.717, 1.165) is 0 Å². The van der Waals surface area contributed by atoms with Crippen molar-refractivity contribution >= 4 is 10.1 Å². The Morgan fingerprint density at radius 3 is 1.80 bits per heavy atom. The Kier molecular flexibility index (Phi) is 9.26. The second-order valence-corrected chi connectivity index (χ2v) is 7.75. The highest BCUT2D eigenvalue weighted by Gasteiger charge is 2.83. The maximum absolute atomic E-state index is 12.2. The van der Waals surface area contributed by atoms with E-state index in [0.29, 0.717) is 0 Å². The molecule has 0 unspecified atom stereocenters. The smallest absolute Gasteiger partial charge is 0.460 e. The van der Waals surface area contributed by atoms with Crippen LogP contribution in [0.15, 0.2) is 12.4 Å². The van der Waals surface area contributed by atoms with Gasteiger partial charge in [0, 0.05) is 6.92 Å². The van der Waals surface area contributed by atoms with Crippen molar-refractivity contribution in [3.8, 4) is 0 Å². The van der Waals surface area contributed by atoms with Crippen LogP contribution in [0.5, 0.6) is 0 Å². The molecular weight excluding hydrogens is 459 g/mol. The van der Waals surface area contributed by atoms with Gasteiger partial charge in [-0.3, -0.25) is 0 Å². The quantitative estimate of drug-likeness (QED) is 0.243. The topological polar surface area (TPSA) is 66.0 Å². The lowest BCUT2D eigenvalue weighted by Gasteiger charge is -2.34. The van der Waals surface area contributed by atoms with Crippen LogP contribution in [0.4, 0.5) is 39.5 Å². The van der Waals surface area contributed by atoms with Gasteiger partial charge in [-0.25, -0.2) is 17.6 Å². The van der Waals surface area contributed by atoms with E-state index in [-0.39, 0.29) is 0 Å². The maximum atomic E-state index is 12.2. The standard InChI is InChI=1S/C11H21N2.C4HF9O3S/c1-4-5-6-7-8-13-10-9-12(3)11(13)2;5-1(6,3(9,10)11)2(7,8)4(12,13)17(14,15)16/h9-10H,4-8H2,1-3H3;(H,14,15,16)/q+1;/p-1. The maximum Gasteiger partial charge on any atom is 0.460 e. The van der Waals surface area contributed by atoms with Crippen molar-refractivity contribution in [2.24, 2.45) is 7.05 Å². The minimum atomic E-state index is -7.43. The molecule has 30 heavy (non-hydrogen) atoms. The minimum Gasteiger partial charge on any atom is -0.743 e. The van der Waals surface area contributed by atoms with Gasteiger partial charge in [-0.2, -0.15) is 39.5 Å². The summed E-state index contributed by atoms with van der Waals surface area (Å²) in [4.78, 5) is 0. The third-order valence-electron chi connectivity index (χ3n) is 4.08. The summed E-state index contributed by atoms with van der Waals surface area (Å²) in [5.74, 6) is -13.5. The van der Waals surface area contributed by atoms with Crippen LogP contribution in [-0.2, 0) is 23.7 Å². The fourth-order valence-electron chi connectivity index (χ4n) is 2.06. The summed E-state index contributed by atoms with van der Waals surface area (Å²) in [6.07, 6.45) is 2.48. The molecule has 1 heterocycles. The molecular formula is C15H21F9N2O3S. The van der Waals surface area contributed by atoms with Gasteiger partial charge in [0.1, 0.15) is 12.4 Å². The second-order valence-electron chi connectivity index (χ2n) is 6.33. The van der Waals surface area contributed by atoms with E-state index in [9.17, 15) is 52.5 Å². The van der Waals surface area contributed by atoms with Crippen molar-refractivity contribution in [1.82, 2.24) is 4.57 Å². The van der Waals surface area contributed by atoms with Gasteiger partial charge >= 0.3 is 23.3 Å². The first-order valence-electron chi connectivity index (χ1n) is 8.42. The molecule has 5 nitrogen and oxygen atoms in total. The Labute approximate surface area is 167 Å². The highest BCUT2D eigenvalue weighted by Crippen LogP contribution is 2.54. The first kappa shape index (κ1) is 28.5. The molecule has 0 saturated carbocycles. The number of nitrogens with zero attached hydrogens (tertiary/aromatic N) is 2. The molecule has 0 fully saturated rings. The Morgan fingerprint density at radius 1 is 0.967 bits per heavy atom. The first-order chi connectivity index (χ1) is 13.3. The minimum absolute atomic E-state index is 1.17. The van der Waals surface area contributed by atoms with Gasteiger partial charge in [0.25, 0.3) is 5.82 Å². The van der Waals surface area contributed by atoms with Crippen molar-refractivity contribution in [1.29, 1.82) is 0 Å². The van der Waals surface area contributed by atoms with E-state index in [4.69, 9.17) is 0 Å². The predicted octanol–water partition coefficient (Wildman–Crippen LogP) is 4.16. The van der Waals surface area contributed by atoms with E-state index in [2.05, 4.69) is 42.4 Å². The van der Waals surface area contributed by atoms with Crippen molar-refractivity contribution in [3.63, 3.8) is 0 Å². The van der Waals surface area contributed by atoms with Crippen LogP contribution in [0.25, 0.3) is 0 Å². The van der Waals surface area contributed by atoms with Gasteiger partial charge in [0.2, 0.25) is 0 Å². The van der Waals surface area contributed by atoms with Gasteiger partial charge in [0.05, 0.1) is 13.6 Å². The third kappa shape index (κ3) is 6.02. The molecule has 1 aromatic heterocycles. The van der Waals surface area contributed by atoms with E-state index < -0.39 is 33.4 Å². The van der Waals surface area contributed by atoms with Gasteiger partial charge in [0.15, 0.2) is 10.1 Å². The average Bonchev–Trinajstić information content (AvgIpc) is 2.89. The Bertz CT molecular complexity index is 790. The van der Waals surface area contributed by atoms with Crippen molar-refractivity contribution in [3.05, 3.63) is 18.2 Å². The van der Waals surface area contributed by atoms with E-state index >= 15 is 0 Å². The van der Waals surface area contributed by atoms with Crippen LogP contribution in [0, 0.1) is 6.92 Å². The summed E-state index contributed by atoms with van der Waals surface area (Å²) in [6, 6.07) is 0. The molecule has 0 aromatic carbocycles. The number of imidazole rings is 1. The number of hydrogen-bond donors (Lipinski definition) is 0. The van der Waals surface area contributed by atoms with Crippen molar-refractivity contribution < 1.29 is 57.1 Å². The molecule has 178 valence electrons. The number of hydrogen-bond acceptors (Lipinski definition) is 3. The van der Waals surface area contributed by atoms with Gasteiger partial charge in [-0.05, 0) is 12.8 Å². The Balaban J connectivity index is 0.000000579. The zero-order valence-corrected chi connectivity index (χ0v) is 16.9. The third-order valence-corrected chi connectivity index (χ3v) is 4.96. The van der Waals surface area contributed by atoms with Crippen LogP contribution in [0.2, 0.25) is 0 Å². The van der Waals surface area contributed by atoms with Crippen molar-refractivity contribution in [2.75, 3.05) is 0 Å². The lowest BCUT2D eigenvalue weighted by Crippen LogP contribution is -2.63. The molecule has 1 aromatic rings. The van der Waals surface area contributed by atoms with E-state index in [1.165, 1.54) is 38.1 Å². The number of unbranched alkanes of at least 4 members (excludes halogenated alkanes) is 3. The molecule has 0 aliphatic rings. The number of halogens is 9. The molecule has 1 rings (SSSR count). The molecule has 0 aliphatic heterocycles. The average molecular weight is 480 g/mol. The zero-order chi connectivity index (χ0) is 24.2. The zero-order valence-electron chi connectivity index (χ0n) is 16.1. The molecule has 0 atom stereocenters. The van der Waals surface area contributed by atoms with Gasteiger partial charge in [-0.1, -0.05) is 19.8 Å². The molecule has 0 spiro atoms. The van der Waals surface area contributed by atoms with E-state index in [1.807, 2.05) is 0 Å². The van der Waals surface area contributed by atoms with Gasteiger partial charge < -0.3 is 4.55 Å². The summed E-state index contributed by atoms with van der Waals surface area (Å²) in [5, 5.41) is -7.11. The molecule has 0 N–H and O–H groups in total. The number of aryl methyl sites for hydroxylation is 2. The molecule has 0 saturated heterocycles. The molecule has 0 bridgehead atoms. The lowest BCUT2D eigenvalue weighted by molar-refractivity contribution is -0.677. The molecule has 15 heteroatoms. The van der Waals surface area contributed by atoms with E-state index in [1.54, 1.807) is 0 Å². The fourth-order valence-corrected chi connectivity index (χ4v) is 2.50. The Morgan fingerprint density at radius 2 is 1.47 bits per heavy atom. The summed E-state index contributed by atoms with van der Waals surface area (Å²) in [7, 11) is -5.32. The number of alkyl halides is 9. The summed E-state index contributed by atoms with van der Waals surface area (Å²) in [5.41, 5.74) is 0. The molecule has 0 amide bonds. The van der Waals surface area contributed by atoms with Crippen LogP contribution in [0.3, 0.4) is 0 Å². The molecule has 0 aliphatic carbocycles. The van der Waals surface area contributed by atoms with Crippen molar-refractivity contribution in [2.45, 2.75) is 69.4 Å². The number of aromatic nitrogens is 2. The molecule has 0 radical (unpaired) electrons.